The van der Waals surface area contributed by atoms with E-state index in [1.807, 2.05) is 0 Å². The second kappa shape index (κ2) is 3.05. The van der Waals surface area contributed by atoms with Gasteiger partial charge in [0.05, 0.1) is 10.8 Å². The third-order valence-electron chi connectivity index (χ3n) is 4.55. The summed E-state index contributed by atoms with van der Waals surface area (Å²) < 4.78 is 0. The molecule has 2 heteroatoms. The first kappa shape index (κ1) is 9.56. The lowest BCUT2D eigenvalue weighted by atomic mass is 9.51. The molecule has 0 unspecified atom stereocenters. The summed E-state index contributed by atoms with van der Waals surface area (Å²) in [4.78, 5) is 0. The molecule has 0 N–H and O–H groups in total. The van der Waals surface area contributed by atoms with Crippen LogP contribution in [-0.4, -0.2) is 10.8 Å². The van der Waals surface area contributed by atoms with Crippen LogP contribution in [0.25, 0.3) is 0 Å². The molecule has 0 amide bonds. The Bertz CT molecular complexity index is 436. The lowest BCUT2D eigenvalue weighted by molar-refractivity contribution is 0.129. The maximum Gasteiger partial charge on any atom is 0.0543 e. The first-order valence-corrected chi connectivity index (χ1v) is 6.71. The van der Waals surface area contributed by atoms with Crippen LogP contribution >= 0.6 is 23.2 Å². The highest BCUT2D eigenvalue weighted by atomic mass is 35.5. The minimum Gasteiger partial charge on any atom is -0.121 e. The predicted molar refractivity (Wildman–Crippen MR) is 67.3 cm³/mol. The molecule has 0 saturated heterocycles. The third-order valence-corrected chi connectivity index (χ3v) is 5.81. The molecule has 0 nitrogen and oxygen atoms in total. The summed E-state index contributed by atoms with van der Waals surface area (Å²) in [6.07, 6.45) is 4.68. The largest absolute Gasteiger partial charge is 0.121 e. The number of benzene rings is 1. The highest BCUT2D eigenvalue weighted by Gasteiger charge is 2.59. The summed E-state index contributed by atoms with van der Waals surface area (Å²) in [6, 6.07) is 8.75. The van der Waals surface area contributed by atoms with Crippen molar-refractivity contribution in [2.75, 3.05) is 0 Å². The quantitative estimate of drug-likeness (QED) is 0.484. The van der Waals surface area contributed by atoms with Crippen molar-refractivity contribution in [2.45, 2.75) is 22.6 Å². The molecule has 1 saturated carbocycles. The van der Waals surface area contributed by atoms with E-state index in [9.17, 15) is 0 Å². The van der Waals surface area contributed by atoms with Gasteiger partial charge in [0.25, 0.3) is 0 Å². The summed E-state index contributed by atoms with van der Waals surface area (Å²) >= 11 is 12.7. The molecule has 2 bridgehead atoms. The Morgan fingerprint density at radius 3 is 1.62 bits per heavy atom. The van der Waals surface area contributed by atoms with E-state index in [0.717, 1.165) is 0 Å². The Labute approximate surface area is 105 Å². The van der Waals surface area contributed by atoms with Crippen molar-refractivity contribution in [1.29, 1.82) is 0 Å². The highest BCUT2D eigenvalue weighted by molar-refractivity contribution is 6.31. The van der Waals surface area contributed by atoms with E-state index in [2.05, 4.69) is 36.4 Å². The Morgan fingerprint density at radius 2 is 1.19 bits per heavy atom. The molecule has 16 heavy (non-hydrogen) atoms. The zero-order valence-electron chi connectivity index (χ0n) is 8.68. The van der Waals surface area contributed by atoms with Gasteiger partial charge in [-0.1, -0.05) is 36.4 Å². The van der Waals surface area contributed by atoms with Crippen LogP contribution in [0.5, 0.6) is 0 Å². The van der Waals surface area contributed by atoms with E-state index in [4.69, 9.17) is 23.2 Å². The van der Waals surface area contributed by atoms with E-state index in [1.54, 1.807) is 0 Å². The number of allylic oxidation sites excluding steroid dienone is 2. The Balaban J connectivity index is 1.90. The molecular formula is C14H12Cl2. The van der Waals surface area contributed by atoms with Gasteiger partial charge in [0.2, 0.25) is 0 Å². The van der Waals surface area contributed by atoms with Crippen LogP contribution < -0.4 is 0 Å². The SMILES string of the molecule is Cl[C@@H]1[C@H](Cl)[C@@H]2[C@@H]1[C@H]1C=C[C@H]2c2ccccc21. The van der Waals surface area contributed by atoms with Crippen molar-refractivity contribution in [3.63, 3.8) is 0 Å². The number of hydrogen-bond acceptors (Lipinski definition) is 0. The molecule has 0 heterocycles. The standard InChI is InChI=1S/C14H12Cl2/c15-13-11-9-5-6-10(12(11)14(13)16)8-4-2-1-3-7(8)9/h1-6,9-14H/t9-,10-,11-,12-,13-,14+/m0/s1. The van der Waals surface area contributed by atoms with Gasteiger partial charge in [-0.05, 0) is 23.0 Å². The summed E-state index contributed by atoms with van der Waals surface area (Å²) in [7, 11) is 0. The molecule has 0 spiro atoms. The van der Waals surface area contributed by atoms with Crippen LogP contribution in [0.4, 0.5) is 0 Å². The lowest BCUT2D eigenvalue weighted by Crippen LogP contribution is -2.57. The average Bonchev–Trinajstić information content (AvgIpc) is 2.37. The van der Waals surface area contributed by atoms with Crippen LogP contribution in [0, 0.1) is 11.8 Å². The second-order valence-electron chi connectivity index (χ2n) is 5.11. The van der Waals surface area contributed by atoms with Gasteiger partial charge in [-0.3, -0.25) is 0 Å². The van der Waals surface area contributed by atoms with Crippen molar-refractivity contribution in [2.24, 2.45) is 11.8 Å². The highest BCUT2D eigenvalue weighted by Crippen LogP contribution is 2.63. The molecule has 6 atom stereocenters. The number of alkyl halides is 2. The van der Waals surface area contributed by atoms with E-state index in [0.29, 0.717) is 23.7 Å². The lowest BCUT2D eigenvalue weighted by Gasteiger charge is -2.58. The summed E-state index contributed by atoms with van der Waals surface area (Å²) in [5.41, 5.74) is 2.95. The van der Waals surface area contributed by atoms with Gasteiger partial charge in [0.1, 0.15) is 0 Å². The smallest absolute Gasteiger partial charge is 0.0543 e. The zero-order chi connectivity index (χ0) is 10.9. The van der Waals surface area contributed by atoms with Crippen molar-refractivity contribution in [3.05, 3.63) is 47.5 Å². The number of halogens is 2. The molecule has 0 radical (unpaired) electrons. The van der Waals surface area contributed by atoms with Crippen LogP contribution in [-0.2, 0) is 0 Å². The molecular weight excluding hydrogens is 239 g/mol. The Morgan fingerprint density at radius 1 is 0.750 bits per heavy atom. The maximum absolute atomic E-state index is 6.37. The average molecular weight is 251 g/mol. The summed E-state index contributed by atoms with van der Waals surface area (Å²) in [5, 5.41) is 0.301. The first-order valence-electron chi connectivity index (χ1n) is 5.84. The maximum atomic E-state index is 6.37. The minimum atomic E-state index is 0.150. The van der Waals surface area contributed by atoms with Crippen LogP contribution in [0.1, 0.15) is 23.0 Å². The fourth-order valence-corrected chi connectivity index (χ4v) is 4.80. The van der Waals surface area contributed by atoms with Crippen molar-refractivity contribution < 1.29 is 0 Å². The molecule has 1 aromatic carbocycles. The van der Waals surface area contributed by atoms with Gasteiger partial charge >= 0.3 is 0 Å². The van der Waals surface area contributed by atoms with Gasteiger partial charge in [-0.2, -0.15) is 0 Å². The van der Waals surface area contributed by atoms with Gasteiger partial charge in [-0.25, -0.2) is 0 Å². The minimum absolute atomic E-state index is 0.150. The van der Waals surface area contributed by atoms with E-state index < -0.39 is 0 Å². The zero-order valence-corrected chi connectivity index (χ0v) is 10.2. The van der Waals surface area contributed by atoms with Crippen LogP contribution in [0.3, 0.4) is 0 Å². The number of hydrogen-bond donors (Lipinski definition) is 0. The predicted octanol–water partition coefficient (Wildman–Crippen LogP) is 3.90. The monoisotopic (exact) mass is 250 g/mol. The molecule has 1 aromatic rings. The summed E-state index contributed by atoms with van der Waals surface area (Å²) in [6.45, 7) is 0. The molecule has 82 valence electrons. The fraction of sp³-hybridized carbons (Fsp3) is 0.429. The molecule has 4 aliphatic rings. The molecule has 5 rings (SSSR count). The van der Waals surface area contributed by atoms with Crippen molar-refractivity contribution in [3.8, 4) is 0 Å². The van der Waals surface area contributed by atoms with Crippen LogP contribution in [0.2, 0.25) is 0 Å². The van der Waals surface area contributed by atoms with Gasteiger partial charge in [0, 0.05) is 11.8 Å². The Hall–Kier alpha value is -0.460. The number of rotatable bonds is 0. The van der Waals surface area contributed by atoms with Gasteiger partial charge < -0.3 is 0 Å². The molecule has 0 aliphatic heterocycles. The second-order valence-corrected chi connectivity index (χ2v) is 6.12. The summed E-state index contributed by atoms with van der Waals surface area (Å²) in [5.74, 6) is 2.13. The Kier molecular flexibility index (Phi) is 1.82. The van der Waals surface area contributed by atoms with Crippen LogP contribution in [0.15, 0.2) is 36.4 Å². The van der Waals surface area contributed by atoms with Gasteiger partial charge in [0.15, 0.2) is 0 Å². The molecule has 0 aromatic heterocycles. The molecule has 4 aliphatic carbocycles. The normalized spacial score (nSPS) is 47.1. The van der Waals surface area contributed by atoms with Crippen molar-refractivity contribution >= 4 is 23.2 Å². The first-order chi connectivity index (χ1) is 7.79. The van der Waals surface area contributed by atoms with E-state index >= 15 is 0 Å². The van der Waals surface area contributed by atoms with Crippen molar-refractivity contribution in [1.82, 2.24) is 0 Å². The fourth-order valence-electron chi connectivity index (χ4n) is 3.81. The van der Waals surface area contributed by atoms with E-state index in [1.165, 1.54) is 11.1 Å². The molecule has 1 fully saturated rings. The van der Waals surface area contributed by atoms with E-state index in [-0.39, 0.29) is 10.8 Å². The topological polar surface area (TPSA) is 0 Å². The van der Waals surface area contributed by atoms with Gasteiger partial charge in [-0.15, -0.1) is 23.2 Å². The third kappa shape index (κ3) is 0.942.